The summed E-state index contributed by atoms with van der Waals surface area (Å²) in [4.78, 5) is 57.8. The molecule has 0 fully saturated rings. The average Bonchev–Trinajstić information content (AvgIpc) is 2.63. The zero-order valence-electron chi connectivity index (χ0n) is 16.2. The van der Waals surface area contributed by atoms with E-state index in [1.807, 2.05) is 0 Å². The van der Waals surface area contributed by atoms with Gasteiger partial charge in [-0.15, -0.1) is 0 Å². The molecule has 0 saturated carbocycles. The third-order valence-corrected chi connectivity index (χ3v) is 3.43. The third-order valence-electron chi connectivity index (χ3n) is 3.43. The summed E-state index contributed by atoms with van der Waals surface area (Å²) in [6, 6.07) is 7.64. The normalized spacial score (nSPS) is 9.97. The van der Waals surface area contributed by atoms with Crippen molar-refractivity contribution in [3.63, 3.8) is 0 Å². The van der Waals surface area contributed by atoms with Crippen LogP contribution in [0.3, 0.4) is 0 Å². The van der Waals surface area contributed by atoms with Crippen LogP contribution in [0, 0.1) is 0 Å². The number of carbonyl (C=O) groups excluding carboxylic acids is 4. The number of amides is 1. The lowest BCUT2D eigenvalue weighted by Gasteiger charge is -2.15. The van der Waals surface area contributed by atoms with Gasteiger partial charge in [-0.1, -0.05) is 0 Å². The Balaban J connectivity index is 2.45. The van der Waals surface area contributed by atoms with Crippen molar-refractivity contribution in [3.05, 3.63) is 47.5 Å². The van der Waals surface area contributed by atoms with Crippen molar-refractivity contribution in [1.82, 2.24) is 0 Å². The molecule has 0 unspecified atom stereocenters. The second kappa shape index (κ2) is 9.32. The molecule has 1 amide bonds. The van der Waals surface area contributed by atoms with E-state index in [9.17, 15) is 24.0 Å². The number of benzene rings is 2. The minimum Gasteiger partial charge on any atom is -0.478 e. The fraction of sp³-hybridized carbons (Fsp3) is 0.150. The molecule has 10 heteroatoms. The number of esters is 3. The van der Waals surface area contributed by atoms with Crippen LogP contribution in [0.25, 0.3) is 0 Å². The van der Waals surface area contributed by atoms with E-state index >= 15 is 0 Å². The Hall–Kier alpha value is -4.21. The zero-order chi connectivity index (χ0) is 22.4. The van der Waals surface area contributed by atoms with Crippen molar-refractivity contribution in [3.8, 4) is 17.2 Å². The van der Waals surface area contributed by atoms with E-state index in [0.717, 1.165) is 32.9 Å². The maximum Gasteiger partial charge on any atom is 0.335 e. The van der Waals surface area contributed by atoms with Gasteiger partial charge in [-0.3, -0.25) is 19.2 Å². The lowest BCUT2D eigenvalue weighted by atomic mass is 10.1. The van der Waals surface area contributed by atoms with E-state index in [2.05, 4.69) is 5.32 Å². The van der Waals surface area contributed by atoms with Gasteiger partial charge in [0.25, 0.3) is 5.91 Å². The van der Waals surface area contributed by atoms with Crippen LogP contribution >= 0.6 is 0 Å². The number of carboxylic acids is 1. The molecule has 0 aliphatic carbocycles. The van der Waals surface area contributed by atoms with Gasteiger partial charge in [0.15, 0.2) is 11.5 Å². The Morgan fingerprint density at radius 1 is 0.733 bits per heavy atom. The fourth-order valence-electron chi connectivity index (χ4n) is 2.31. The molecule has 156 valence electrons. The Kier molecular flexibility index (Phi) is 6.86. The van der Waals surface area contributed by atoms with Crippen LogP contribution in [0.15, 0.2) is 36.4 Å². The number of aromatic carboxylic acids is 1. The number of nitrogens with one attached hydrogen (secondary N) is 1. The summed E-state index contributed by atoms with van der Waals surface area (Å²) >= 11 is 0. The van der Waals surface area contributed by atoms with Gasteiger partial charge >= 0.3 is 23.9 Å². The van der Waals surface area contributed by atoms with Crippen LogP contribution in [0.5, 0.6) is 17.2 Å². The molecule has 30 heavy (non-hydrogen) atoms. The van der Waals surface area contributed by atoms with Crippen LogP contribution in [0.4, 0.5) is 5.69 Å². The van der Waals surface area contributed by atoms with Crippen LogP contribution < -0.4 is 19.5 Å². The first kappa shape index (κ1) is 22.1. The molecule has 0 aliphatic heterocycles. The van der Waals surface area contributed by atoms with E-state index in [1.54, 1.807) is 0 Å². The van der Waals surface area contributed by atoms with Crippen molar-refractivity contribution in [2.75, 3.05) is 5.32 Å². The molecular weight excluding hydrogens is 398 g/mol. The van der Waals surface area contributed by atoms with E-state index in [-0.39, 0.29) is 34.1 Å². The first-order chi connectivity index (χ1) is 14.1. The van der Waals surface area contributed by atoms with Gasteiger partial charge in [0.1, 0.15) is 0 Å². The molecule has 2 aromatic carbocycles. The summed E-state index contributed by atoms with van der Waals surface area (Å²) < 4.78 is 15.0. The van der Waals surface area contributed by atoms with E-state index in [4.69, 9.17) is 19.3 Å². The standard InChI is InChI=1S/C20H17NO9/c1-10(22)28-16-8-14(9-17(29-11(2)23)18(16)30-12(3)24)19(25)21-15-6-4-13(5-7-15)20(26)27/h4-9H,1-3H3,(H,21,25)(H,26,27). The third kappa shape index (κ3) is 5.89. The van der Waals surface area contributed by atoms with Crippen LogP contribution in [0.2, 0.25) is 0 Å². The van der Waals surface area contributed by atoms with E-state index in [1.165, 1.54) is 24.3 Å². The molecule has 0 radical (unpaired) electrons. The highest BCUT2D eigenvalue weighted by atomic mass is 16.6. The van der Waals surface area contributed by atoms with Gasteiger partial charge in [0, 0.05) is 32.0 Å². The molecule has 0 bridgehead atoms. The van der Waals surface area contributed by atoms with Crippen molar-refractivity contribution < 1.29 is 43.3 Å². The Morgan fingerprint density at radius 2 is 1.20 bits per heavy atom. The highest BCUT2D eigenvalue weighted by molar-refractivity contribution is 6.05. The van der Waals surface area contributed by atoms with E-state index < -0.39 is 29.8 Å². The number of anilines is 1. The molecular formula is C20H17NO9. The summed E-state index contributed by atoms with van der Waals surface area (Å²) in [5.74, 6) is -5.05. The minimum atomic E-state index is -1.12. The molecule has 0 atom stereocenters. The molecule has 0 spiro atoms. The number of carboxylic acid groups (broad SMARTS) is 1. The largest absolute Gasteiger partial charge is 0.478 e. The Labute approximate surface area is 170 Å². The smallest absolute Gasteiger partial charge is 0.335 e. The van der Waals surface area contributed by atoms with Crippen molar-refractivity contribution >= 4 is 35.5 Å². The van der Waals surface area contributed by atoms with Crippen molar-refractivity contribution in [2.45, 2.75) is 20.8 Å². The van der Waals surface area contributed by atoms with Gasteiger partial charge in [-0.05, 0) is 36.4 Å². The minimum absolute atomic E-state index is 0.0352. The van der Waals surface area contributed by atoms with Crippen LogP contribution in [-0.4, -0.2) is 34.9 Å². The lowest BCUT2D eigenvalue weighted by Crippen LogP contribution is -2.15. The predicted octanol–water partition coefficient (Wildman–Crippen LogP) is 2.41. The number of carbonyl (C=O) groups is 5. The SMILES string of the molecule is CC(=O)Oc1cc(C(=O)Nc2ccc(C(=O)O)cc2)cc(OC(C)=O)c1OC(C)=O. The maximum absolute atomic E-state index is 12.6. The average molecular weight is 415 g/mol. The number of hydrogen-bond donors (Lipinski definition) is 2. The highest BCUT2D eigenvalue weighted by Crippen LogP contribution is 2.39. The number of rotatable bonds is 6. The molecule has 0 heterocycles. The van der Waals surface area contributed by atoms with Gasteiger partial charge in [0.2, 0.25) is 5.75 Å². The Bertz CT molecular complexity index is 988. The maximum atomic E-state index is 12.6. The highest BCUT2D eigenvalue weighted by Gasteiger charge is 2.22. The van der Waals surface area contributed by atoms with Gasteiger partial charge in [0.05, 0.1) is 5.56 Å². The summed E-state index contributed by atoms with van der Waals surface area (Å²) in [6.45, 7) is 3.29. The molecule has 2 N–H and O–H groups in total. The summed E-state index contributed by atoms with van der Waals surface area (Å²) in [7, 11) is 0. The second-order valence-corrected chi connectivity index (χ2v) is 5.92. The molecule has 2 aromatic rings. The molecule has 10 nitrogen and oxygen atoms in total. The lowest BCUT2D eigenvalue weighted by molar-refractivity contribution is -0.135. The second-order valence-electron chi connectivity index (χ2n) is 5.92. The predicted molar refractivity (Wildman–Crippen MR) is 102 cm³/mol. The molecule has 0 aliphatic rings. The summed E-state index contributed by atoms with van der Waals surface area (Å²) in [5, 5.41) is 11.4. The number of hydrogen-bond acceptors (Lipinski definition) is 8. The van der Waals surface area contributed by atoms with Crippen LogP contribution in [-0.2, 0) is 14.4 Å². The molecule has 0 aromatic heterocycles. The Morgan fingerprint density at radius 3 is 1.60 bits per heavy atom. The van der Waals surface area contributed by atoms with Crippen molar-refractivity contribution in [2.24, 2.45) is 0 Å². The fourth-order valence-corrected chi connectivity index (χ4v) is 2.31. The zero-order valence-corrected chi connectivity index (χ0v) is 16.2. The van der Waals surface area contributed by atoms with Gasteiger partial charge in [-0.2, -0.15) is 0 Å². The molecule has 2 rings (SSSR count). The topological polar surface area (TPSA) is 145 Å². The van der Waals surface area contributed by atoms with E-state index in [0.29, 0.717) is 0 Å². The molecule has 0 saturated heterocycles. The monoisotopic (exact) mass is 415 g/mol. The van der Waals surface area contributed by atoms with Gasteiger partial charge in [-0.25, -0.2) is 4.79 Å². The first-order valence-electron chi connectivity index (χ1n) is 8.45. The summed E-state index contributed by atoms with van der Waals surface area (Å²) in [5.41, 5.74) is 0.242. The summed E-state index contributed by atoms with van der Waals surface area (Å²) in [6.07, 6.45) is 0. The first-order valence-corrected chi connectivity index (χ1v) is 8.45. The quantitative estimate of drug-likeness (QED) is 0.536. The number of ether oxygens (including phenoxy) is 3. The van der Waals surface area contributed by atoms with Crippen molar-refractivity contribution in [1.29, 1.82) is 0 Å². The van der Waals surface area contributed by atoms with Gasteiger partial charge < -0.3 is 24.6 Å². The van der Waals surface area contributed by atoms with Crippen LogP contribution in [0.1, 0.15) is 41.5 Å².